The number of hydrogen-bond donors (Lipinski definition) is 2. The third kappa shape index (κ3) is 3.27. The number of piperazine rings is 1. The van der Waals surface area contributed by atoms with E-state index in [0.29, 0.717) is 12.4 Å². The van der Waals surface area contributed by atoms with Gasteiger partial charge in [-0.3, -0.25) is 14.4 Å². The van der Waals surface area contributed by atoms with Crippen molar-refractivity contribution < 1.29 is 4.79 Å². The van der Waals surface area contributed by atoms with Crippen LogP contribution in [-0.2, 0) is 18.4 Å². The number of aryl methyl sites for hydroxylation is 1. The summed E-state index contributed by atoms with van der Waals surface area (Å²) in [7, 11) is 1.81. The highest BCUT2D eigenvalue weighted by Crippen LogP contribution is 2.01. The average molecular weight is 252 g/mol. The van der Waals surface area contributed by atoms with Gasteiger partial charge in [-0.2, -0.15) is 5.10 Å². The van der Waals surface area contributed by atoms with Crippen molar-refractivity contribution in [3.63, 3.8) is 0 Å². The maximum absolute atomic E-state index is 12.0. The number of rotatable bonds is 4. The van der Waals surface area contributed by atoms with Gasteiger partial charge in [0, 0.05) is 33.2 Å². The van der Waals surface area contributed by atoms with Crippen LogP contribution < -0.4 is 10.6 Å². The fourth-order valence-electron chi connectivity index (χ4n) is 2.01. The van der Waals surface area contributed by atoms with Crippen molar-refractivity contribution in [1.29, 1.82) is 0 Å². The van der Waals surface area contributed by atoms with Crippen LogP contribution in [0.25, 0.3) is 0 Å². The topological polar surface area (TPSA) is 75.1 Å². The third-order valence-corrected chi connectivity index (χ3v) is 3.15. The summed E-state index contributed by atoms with van der Waals surface area (Å²) in [6.45, 7) is 6.04. The van der Waals surface area contributed by atoms with Gasteiger partial charge in [0.25, 0.3) is 0 Å². The van der Waals surface area contributed by atoms with E-state index in [4.69, 9.17) is 0 Å². The Morgan fingerprint density at radius 2 is 2.28 bits per heavy atom. The number of nitrogens with zero attached hydrogens (tertiary/aromatic N) is 4. The molecule has 1 atom stereocenters. The van der Waals surface area contributed by atoms with Crippen LogP contribution in [0.2, 0.25) is 0 Å². The molecule has 1 aromatic heterocycles. The standard InChI is InChI=1S/C11H20N6O/c1-9(17-5-3-12-4-6-17)11(18)13-7-10-14-8-16(2)15-10/h8-9,12H,3-7H2,1-2H3,(H,13,18). The van der Waals surface area contributed by atoms with Crippen molar-refractivity contribution in [2.45, 2.75) is 19.5 Å². The van der Waals surface area contributed by atoms with E-state index >= 15 is 0 Å². The number of aromatic nitrogens is 3. The summed E-state index contributed by atoms with van der Waals surface area (Å²) in [5, 5.41) is 10.3. The van der Waals surface area contributed by atoms with E-state index in [1.807, 2.05) is 14.0 Å². The van der Waals surface area contributed by atoms with Gasteiger partial charge in [-0.15, -0.1) is 0 Å². The molecule has 0 radical (unpaired) electrons. The Bertz CT molecular complexity index is 398. The molecule has 0 spiro atoms. The Hall–Kier alpha value is -1.47. The molecule has 2 rings (SSSR count). The SMILES string of the molecule is CC(C(=O)NCc1ncn(C)n1)N1CCNCC1. The number of nitrogens with one attached hydrogen (secondary N) is 2. The molecule has 0 saturated carbocycles. The maximum Gasteiger partial charge on any atom is 0.237 e. The van der Waals surface area contributed by atoms with Gasteiger partial charge in [0.15, 0.2) is 5.82 Å². The number of carbonyl (C=O) groups is 1. The Labute approximate surface area is 107 Å². The second-order valence-corrected chi connectivity index (χ2v) is 4.51. The molecule has 1 amide bonds. The molecular formula is C11H20N6O. The van der Waals surface area contributed by atoms with E-state index in [9.17, 15) is 4.79 Å². The van der Waals surface area contributed by atoms with E-state index in [-0.39, 0.29) is 11.9 Å². The van der Waals surface area contributed by atoms with Crippen LogP contribution in [0, 0.1) is 0 Å². The van der Waals surface area contributed by atoms with Crippen molar-refractivity contribution in [2.75, 3.05) is 26.2 Å². The maximum atomic E-state index is 12.0. The predicted octanol–water partition coefficient (Wildman–Crippen LogP) is -1.27. The predicted molar refractivity (Wildman–Crippen MR) is 66.8 cm³/mol. The summed E-state index contributed by atoms with van der Waals surface area (Å²) in [6, 6.07) is -0.101. The van der Waals surface area contributed by atoms with E-state index in [2.05, 4.69) is 25.6 Å². The van der Waals surface area contributed by atoms with Crippen LogP contribution in [0.4, 0.5) is 0 Å². The van der Waals surface area contributed by atoms with Gasteiger partial charge in [0.1, 0.15) is 6.33 Å². The highest BCUT2D eigenvalue weighted by atomic mass is 16.2. The van der Waals surface area contributed by atoms with Crippen LogP contribution >= 0.6 is 0 Å². The smallest absolute Gasteiger partial charge is 0.237 e. The zero-order valence-electron chi connectivity index (χ0n) is 10.9. The van der Waals surface area contributed by atoms with Gasteiger partial charge in [0.05, 0.1) is 12.6 Å². The van der Waals surface area contributed by atoms with Gasteiger partial charge in [0.2, 0.25) is 5.91 Å². The van der Waals surface area contributed by atoms with Gasteiger partial charge in [-0.25, -0.2) is 4.98 Å². The molecule has 1 unspecified atom stereocenters. The van der Waals surface area contributed by atoms with E-state index in [1.54, 1.807) is 11.0 Å². The van der Waals surface area contributed by atoms with Crippen LogP contribution in [0.3, 0.4) is 0 Å². The highest BCUT2D eigenvalue weighted by molar-refractivity contribution is 5.81. The first-order chi connectivity index (χ1) is 8.66. The second kappa shape index (κ2) is 5.92. The molecular weight excluding hydrogens is 232 g/mol. The summed E-state index contributed by atoms with van der Waals surface area (Å²) in [6.07, 6.45) is 1.63. The van der Waals surface area contributed by atoms with Gasteiger partial charge in [-0.1, -0.05) is 0 Å². The van der Waals surface area contributed by atoms with Crippen molar-refractivity contribution in [1.82, 2.24) is 30.3 Å². The lowest BCUT2D eigenvalue weighted by Crippen LogP contribution is -2.52. The summed E-state index contributed by atoms with van der Waals surface area (Å²) in [5.41, 5.74) is 0. The molecule has 2 heterocycles. The minimum Gasteiger partial charge on any atom is -0.347 e. The van der Waals surface area contributed by atoms with Crippen LogP contribution in [-0.4, -0.2) is 57.8 Å². The quantitative estimate of drug-likeness (QED) is 0.698. The molecule has 1 fully saturated rings. The summed E-state index contributed by atoms with van der Waals surface area (Å²) in [5.74, 6) is 0.669. The molecule has 2 N–H and O–H groups in total. The second-order valence-electron chi connectivity index (χ2n) is 4.51. The van der Waals surface area contributed by atoms with Crippen molar-refractivity contribution in [2.24, 2.45) is 7.05 Å². The average Bonchev–Trinajstić information content (AvgIpc) is 2.82. The molecule has 0 aliphatic carbocycles. The fraction of sp³-hybridized carbons (Fsp3) is 0.727. The zero-order chi connectivity index (χ0) is 13.0. The van der Waals surface area contributed by atoms with E-state index < -0.39 is 0 Å². The van der Waals surface area contributed by atoms with Crippen molar-refractivity contribution >= 4 is 5.91 Å². The zero-order valence-corrected chi connectivity index (χ0v) is 10.9. The minimum absolute atomic E-state index is 0.0318. The van der Waals surface area contributed by atoms with Gasteiger partial charge < -0.3 is 10.6 Å². The summed E-state index contributed by atoms with van der Waals surface area (Å²) in [4.78, 5) is 18.2. The van der Waals surface area contributed by atoms with Crippen molar-refractivity contribution in [3.05, 3.63) is 12.2 Å². The largest absolute Gasteiger partial charge is 0.347 e. The molecule has 18 heavy (non-hydrogen) atoms. The summed E-state index contributed by atoms with van der Waals surface area (Å²) < 4.78 is 1.63. The molecule has 7 heteroatoms. The number of carbonyl (C=O) groups excluding carboxylic acids is 1. The number of hydrogen-bond acceptors (Lipinski definition) is 5. The highest BCUT2D eigenvalue weighted by Gasteiger charge is 2.22. The molecule has 0 bridgehead atoms. The van der Waals surface area contributed by atoms with Crippen molar-refractivity contribution in [3.8, 4) is 0 Å². The number of amides is 1. The first-order valence-corrected chi connectivity index (χ1v) is 6.24. The molecule has 0 aromatic carbocycles. The normalized spacial score (nSPS) is 18.6. The third-order valence-electron chi connectivity index (χ3n) is 3.15. The molecule has 7 nitrogen and oxygen atoms in total. The molecule has 1 aliphatic heterocycles. The Morgan fingerprint density at radius 3 is 2.89 bits per heavy atom. The summed E-state index contributed by atoms with van der Waals surface area (Å²) >= 11 is 0. The Balaban J connectivity index is 1.79. The minimum atomic E-state index is -0.101. The first kappa shape index (κ1) is 13.0. The molecule has 1 aliphatic rings. The van der Waals surface area contributed by atoms with Gasteiger partial charge in [-0.05, 0) is 6.92 Å². The van der Waals surface area contributed by atoms with Gasteiger partial charge >= 0.3 is 0 Å². The lowest BCUT2D eigenvalue weighted by atomic mass is 10.2. The Kier molecular flexibility index (Phi) is 4.27. The van der Waals surface area contributed by atoms with Crippen LogP contribution in [0.5, 0.6) is 0 Å². The molecule has 1 saturated heterocycles. The first-order valence-electron chi connectivity index (χ1n) is 6.24. The van der Waals surface area contributed by atoms with E-state index in [1.165, 1.54) is 0 Å². The van der Waals surface area contributed by atoms with Crippen LogP contribution in [0.1, 0.15) is 12.7 Å². The molecule has 100 valence electrons. The fourth-order valence-corrected chi connectivity index (χ4v) is 2.01. The molecule has 1 aromatic rings. The van der Waals surface area contributed by atoms with E-state index in [0.717, 1.165) is 26.2 Å². The monoisotopic (exact) mass is 252 g/mol. The Morgan fingerprint density at radius 1 is 1.56 bits per heavy atom. The lowest BCUT2D eigenvalue weighted by molar-refractivity contribution is -0.126. The van der Waals surface area contributed by atoms with Crippen LogP contribution in [0.15, 0.2) is 6.33 Å². The lowest BCUT2D eigenvalue weighted by Gasteiger charge is -2.31.